The van der Waals surface area contributed by atoms with Crippen LogP contribution in [0.5, 0.6) is 0 Å². The molecule has 4 heteroatoms. The van der Waals surface area contributed by atoms with Crippen LogP contribution in [0.2, 0.25) is 0 Å². The van der Waals surface area contributed by atoms with E-state index >= 15 is 0 Å². The summed E-state index contributed by atoms with van der Waals surface area (Å²) in [6.07, 6.45) is 0.853. The number of carbonyl (C=O) groups excluding carboxylic acids is 2. The van der Waals surface area contributed by atoms with E-state index in [1.807, 2.05) is 81.4 Å². The first-order chi connectivity index (χ1) is 12.5. The largest absolute Gasteiger partial charge is 0.455 e. The lowest BCUT2D eigenvalue weighted by Crippen LogP contribution is -2.32. The number of benzene rings is 2. The first kappa shape index (κ1) is 19.7. The summed E-state index contributed by atoms with van der Waals surface area (Å²) < 4.78 is 5.33. The van der Waals surface area contributed by atoms with Gasteiger partial charge in [0.1, 0.15) is 0 Å². The quantitative estimate of drug-likeness (QED) is 0.722. The third kappa shape index (κ3) is 5.45. The first-order valence-corrected chi connectivity index (χ1v) is 9.08. The van der Waals surface area contributed by atoms with Crippen LogP contribution in [0.1, 0.15) is 50.3 Å². The molecule has 26 heavy (non-hydrogen) atoms. The van der Waals surface area contributed by atoms with E-state index in [9.17, 15) is 9.59 Å². The number of carbonyl (C=O) groups is 2. The van der Waals surface area contributed by atoms with Crippen molar-refractivity contribution in [2.24, 2.45) is 5.92 Å². The van der Waals surface area contributed by atoms with Crippen molar-refractivity contribution in [2.75, 3.05) is 6.61 Å². The van der Waals surface area contributed by atoms with Crippen molar-refractivity contribution in [3.8, 4) is 0 Å². The van der Waals surface area contributed by atoms with Gasteiger partial charge in [-0.2, -0.15) is 0 Å². The molecular formula is C22H27NO3. The van der Waals surface area contributed by atoms with E-state index in [4.69, 9.17) is 4.74 Å². The Bertz CT molecular complexity index is 700. The van der Waals surface area contributed by atoms with Crippen molar-refractivity contribution in [1.82, 2.24) is 5.32 Å². The number of nitrogens with one attached hydrogen (secondary N) is 1. The molecule has 2 rings (SSSR count). The fourth-order valence-electron chi connectivity index (χ4n) is 2.93. The number of ether oxygens (including phenoxy) is 1. The molecule has 2 aromatic carbocycles. The van der Waals surface area contributed by atoms with Gasteiger partial charge < -0.3 is 10.1 Å². The highest BCUT2D eigenvalue weighted by Crippen LogP contribution is 2.28. The summed E-state index contributed by atoms with van der Waals surface area (Å²) in [5, 5.41) is 2.86. The van der Waals surface area contributed by atoms with Crippen molar-refractivity contribution in [2.45, 2.75) is 39.2 Å². The van der Waals surface area contributed by atoms with Crippen LogP contribution in [0.4, 0.5) is 0 Å². The second kappa shape index (κ2) is 9.76. The average molecular weight is 353 g/mol. The molecule has 0 aliphatic rings. The van der Waals surface area contributed by atoms with Gasteiger partial charge in [0.2, 0.25) is 0 Å². The Kier molecular flexibility index (Phi) is 7.39. The van der Waals surface area contributed by atoms with E-state index in [0.29, 0.717) is 0 Å². The fraction of sp³-hybridized carbons (Fsp3) is 0.364. The number of esters is 1. The fourth-order valence-corrected chi connectivity index (χ4v) is 2.93. The Balaban J connectivity index is 1.94. The molecule has 0 radical (unpaired) electrons. The molecule has 0 aromatic heterocycles. The maximum absolute atomic E-state index is 12.6. The summed E-state index contributed by atoms with van der Waals surface area (Å²) in [5.41, 5.74) is 1.93. The second-order valence-electron chi connectivity index (χ2n) is 6.58. The smallest absolute Gasteiger partial charge is 0.314 e. The molecule has 2 aromatic rings. The van der Waals surface area contributed by atoms with E-state index < -0.39 is 0 Å². The van der Waals surface area contributed by atoms with Gasteiger partial charge in [-0.3, -0.25) is 9.59 Å². The maximum Gasteiger partial charge on any atom is 0.314 e. The Morgan fingerprint density at radius 3 is 2.00 bits per heavy atom. The molecule has 0 fully saturated rings. The maximum atomic E-state index is 12.6. The Hall–Kier alpha value is -2.62. The lowest BCUT2D eigenvalue weighted by atomic mass is 9.86. The molecule has 0 heterocycles. The highest BCUT2D eigenvalue weighted by molar-refractivity contribution is 5.83. The summed E-state index contributed by atoms with van der Waals surface area (Å²) in [5.74, 6) is -0.879. The molecule has 0 aliphatic heterocycles. The minimum absolute atomic E-state index is 0.135. The molecule has 3 atom stereocenters. The molecule has 138 valence electrons. The molecule has 0 aliphatic carbocycles. The molecule has 0 bridgehead atoms. The highest BCUT2D eigenvalue weighted by atomic mass is 16.5. The van der Waals surface area contributed by atoms with Gasteiger partial charge in [-0.05, 0) is 24.0 Å². The number of amides is 1. The molecule has 0 saturated heterocycles. The Labute approximate surface area is 155 Å². The third-order valence-electron chi connectivity index (χ3n) is 4.65. The summed E-state index contributed by atoms with van der Waals surface area (Å²) in [7, 11) is 0. The van der Waals surface area contributed by atoms with Gasteiger partial charge in [0.25, 0.3) is 5.91 Å². The SMILES string of the molecule is CC[C@@H](C)[C@H](C(=O)OCC(=O)N[C@@H](C)c1ccccc1)c1ccccc1. The average Bonchev–Trinajstić information content (AvgIpc) is 2.68. The van der Waals surface area contributed by atoms with Crippen LogP contribution in [-0.4, -0.2) is 18.5 Å². The van der Waals surface area contributed by atoms with Crippen LogP contribution in [0.15, 0.2) is 60.7 Å². The molecule has 0 spiro atoms. The van der Waals surface area contributed by atoms with Crippen LogP contribution >= 0.6 is 0 Å². The van der Waals surface area contributed by atoms with Crippen molar-refractivity contribution in [3.05, 3.63) is 71.8 Å². The van der Waals surface area contributed by atoms with Gasteiger partial charge in [-0.25, -0.2) is 0 Å². The third-order valence-corrected chi connectivity index (χ3v) is 4.65. The van der Waals surface area contributed by atoms with Crippen LogP contribution in [0.25, 0.3) is 0 Å². The van der Waals surface area contributed by atoms with Gasteiger partial charge >= 0.3 is 5.97 Å². The van der Waals surface area contributed by atoms with E-state index in [1.165, 1.54) is 0 Å². The van der Waals surface area contributed by atoms with Gasteiger partial charge in [0.15, 0.2) is 6.61 Å². The first-order valence-electron chi connectivity index (χ1n) is 9.08. The predicted molar refractivity (Wildman–Crippen MR) is 103 cm³/mol. The van der Waals surface area contributed by atoms with E-state index in [-0.39, 0.29) is 36.4 Å². The highest BCUT2D eigenvalue weighted by Gasteiger charge is 2.27. The molecule has 0 unspecified atom stereocenters. The summed E-state index contributed by atoms with van der Waals surface area (Å²) >= 11 is 0. The number of hydrogen-bond donors (Lipinski definition) is 1. The Morgan fingerprint density at radius 2 is 1.46 bits per heavy atom. The molecule has 1 amide bonds. The van der Waals surface area contributed by atoms with E-state index in [1.54, 1.807) is 0 Å². The van der Waals surface area contributed by atoms with Crippen molar-refractivity contribution >= 4 is 11.9 Å². The lowest BCUT2D eigenvalue weighted by Gasteiger charge is -2.22. The minimum atomic E-state index is -0.361. The standard InChI is InChI=1S/C22H27NO3/c1-4-16(2)21(19-13-9-6-10-14-19)22(25)26-15-20(24)23-17(3)18-11-7-5-8-12-18/h5-14,16-17,21H,4,15H2,1-3H3,(H,23,24)/t16-,17+,21+/m1/s1. The van der Waals surface area contributed by atoms with Crippen LogP contribution < -0.4 is 5.32 Å². The van der Waals surface area contributed by atoms with E-state index in [0.717, 1.165) is 17.5 Å². The minimum Gasteiger partial charge on any atom is -0.455 e. The van der Waals surface area contributed by atoms with Gasteiger partial charge in [0, 0.05) is 0 Å². The van der Waals surface area contributed by atoms with Gasteiger partial charge in [0.05, 0.1) is 12.0 Å². The molecular weight excluding hydrogens is 326 g/mol. The topological polar surface area (TPSA) is 55.4 Å². The summed E-state index contributed by atoms with van der Waals surface area (Å²) in [6.45, 7) is 5.70. The summed E-state index contributed by atoms with van der Waals surface area (Å²) in [6, 6.07) is 19.1. The number of rotatable bonds is 8. The van der Waals surface area contributed by atoms with E-state index in [2.05, 4.69) is 5.32 Å². The van der Waals surface area contributed by atoms with Crippen molar-refractivity contribution in [3.63, 3.8) is 0 Å². The zero-order valence-corrected chi connectivity index (χ0v) is 15.6. The van der Waals surface area contributed by atoms with Gasteiger partial charge in [-0.15, -0.1) is 0 Å². The molecule has 4 nitrogen and oxygen atoms in total. The predicted octanol–water partition coefficient (Wildman–Crippen LogP) is 4.24. The zero-order valence-electron chi connectivity index (χ0n) is 15.6. The van der Waals surface area contributed by atoms with Gasteiger partial charge in [-0.1, -0.05) is 80.9 Å². The second-order valence-corrected chi connectivity index (χ2v) is 6.58. The zero-order chi connectivity index (χ0) is 18.9. The normalized spacial score (nSPS) is 14.1. The van der Waals surface area contributed by atoms with Crippen molar-refractivity contribution in [1.29, 1.82) is 0 Å². The Morgan fingerprint density at radius 1 is 0.923 bits per heavy atom. The summed E-state index contributed by atoms with van der Waals surface area (Å²) in [4.78, 5) is 24.7. The molecule has 1 N–H and O–H groups in total. The monoisotopic (exact) mass is 353 g/mol. The number of hydrogen-bond acceptors (Lipinski definition) is 3. The van der Waals surface area contributed by atoms with Crippen molar-refractivity contribution < 1.29 is 14.3 Å². The molecule has 0 saturated carbocycles. The van der Waals surface area contributed by atoms with Crippen LogP contribution in [0.3, 0.4) is 0 Å². The van der Waals surface area contributed by atoms with Crippen LogP contribution in [0, 0.1) is 5.92 Å². The van der Waals surface area contributed by atoms with Crippen LogP contribution in [-0.2, 0) is 14.3 Å². The lowest BCUT2D eigenvalue weighted by molar-refractivity contribution is -0.151.